The molecule has 2 aromatic carbocycles. The Hall–Kier alpha value is -3.00. The molecular weight excluding hydrogens is 403 g/mol. The van der Waals surface area contributed by atoms with Crippen LogP contribution >= 0.6 is 11.3 Å². The molecule has 3 rings (SSSR count). The Morgan fingerprint density at radius 3 is 2.38 bits per heavy atom. The minimum atomic E-state index is -4.55. The van der Waals surface area contributed by atoms with Crippen LogP contribution in [0.5, 0.6) is 17.2 Å². The van der Waals surface area contributed by atoms with Crippen LogP contribution in [0.3, 0.4) is 0 Å². The molecule has 0 bridgehead atoms. The van der Waals surface area contributed by atoms with Gasteiger partial charge in [0.05, 0.1) is 23.9 Å². The highest BCUT2D eigenvalue weighted by Gasteiger charge is 2.31. The summed E-state index contributed by atoms with van der Waals surface area (Å²) in [5.74, 6) is 0.484. The lowest BCUT2D eigenvalue weighted by Crippen LogP contribution is -2.14. The first-order valence-corrected chi connectivity index (χ1v) is 9.40. The minimum absolute atomic E-state index is 0.0732. The fraction of sp³-hybridized carbons (Fsp3) is 0.190. The van der Waals surface area contributed by atoms with Crippen molar-refractivity contribution in [2.75, 3.05) is 12.4 Å². The van der Waals surface area contributed by atoms with Gasteiger partial charge in [-0.25, -0.2) is 0 Å². The Labute approximate surface area is 169 Å². The Morgan fingerprint density at radius 1 is 1.03 bits per heavy atom. The molecule has 29 heavy (non-hydrogen) atoms. The third kappa shape index (κ3) is 4.89. The summed E-state index contributed by atoms with van der Waals surface area (Å²) in [6, 6.07) is 11.3. The Morgan fingerprint density at radius 2 is 1.76 bits per heavy atom. The molecule has 0 fully saturated rings. The third-order valence-electron chi connectivity index (χ3n) is 4.11. The molecule has 0 aliphatic heterocycles. The van der Waals surface area contributed by atoms with Crippen LogP contribution in [0.15, 0.2) is 48.5 Å². The van der Waals surface area contributed by atoms with E-state index in [1.54, 1.807) is 37.3 Å². The highest BCUT2D eigenvalue weighted by Crippen LogP contribution is 2.37. The lowest BCUT2D eigenvalue weighted by molar-refractivity contribution is -0.137. The highest BCUT2D eigenvalue weighted by molar-refractivity contribution is 7.12. The first kappa shape index (κ1) is 20.7. The quantitative estimate of drug-likeness (QED) is 0.516. The summed E-state index contributed by atoms with van der Waals surface area (Å²) >= 11 is 1.44. The summed E-state index contributed by atoms with van der Waals surface area (Å²) < 4.78 is 50.4. The number of carbonyl (C=O) groups is 1. The molecule has 1 heterocycles. The molecule has 3 aromatic rings. The summed E-state index contributed by atoms with van der Waals surface area (Å²) in [7, 11) is 1.49. The number of thiophene rings is 1. The van der Waals surface area contributed by atoms with Gasteiger partial charge < -0.3 is 14.8 Å². The van der Waals surface area contributed by atoms with E-state index in [1.165, 1.54) is 24.5 Å². The Kier molecular flexibility index (Phi) is 5.83. The van der Waals surface area contributed by atoms with Crippen molar-refractivity contribution in [2.24, 2.45) is 0 Å². The fourth-order valence-electron chi connectivity index (χ4n) is 2.73. The zero-order valence-corrected chi connectivity index (χ0v) is 16.7. The molecule has 0 aliphatic carbocycles. The predicted octanol–water partition coefficient (Wildman–Crippen LogP) is 6.44. The van der Waals surface area contributed by atoms with Crippen molar-refractivity contribution in [2.45, 2.75) is 20.0 Å². The number of nitrogens with one attached hydrogen (secondary N) is 1. The van der Waals surface area contributed by atoms with Crippen LogP contribution in [0.1, 0.15) is 25.7 Å². The lowest BCUT2D eigenvalue weighted by Gasteiger charge is -2.15. The summed E-state index contributed by atoms with van der Waals surface area (Å²) in [6.07, 6.45) is -4.55. The zero-order chi connectivity index (χ0) is 21.2. The number of carbonyl (C=O) groups excluding carboxylic acids is 1. The van der Waals surface area contributed by atoms with Crippen LogP contribution in [0.2, 0.25) is 0 Å². The molecule has 8 heteroatoms. The third-order valence-corrected chi connectivity index (χ3v) is 5.08. The Bertz CT molecular complexity index is 1040. The van der Waals surface area contributed by atoms with E-state index in [0.29, 0.717) is 17.1 Å². The molecule has 1 aromatic heterocycles. The summed E-state index contributed by atoms with van der Waals surface area (Å²) in [5, 5.41) is 2.55. The summed E-state index contributed by atoms with van der Waals surface area (Å²) in [5.41, 5.74) is -0.544. The van der Waals surface area contributed by atoms with Crippen LogP contribution in [-0.4, -0.2) is 13.0 Å². The SMILES string of the molecule is COc1cccc(Oc2ccc(C(F)(F)F)cc2NC(=O)c2cc(C)sc2C)c1. The van der Waals surface area contributed by atoms with Gasteiger partial charge >= 0.3 is 6.18 Å². The number of rotatable bonds is 5. The van der Waals surface area contributed by atoms with Crippen molar-refractivity contribution >= 4 is 22.9 Å². The number of hydrogen-bond donors (Lipinski definition) is 1. The molecule has 0 aliphatic rings. The van der Waals surface area contributed by atoms with Crippen molar-refractivity contribution in [1.82, 2.24) is 0 Å². The molecule has 1 amide bonds. The van der Waals surface area contributed by atoms with Gasteiger partial charge in [-0.2, -0.15) is 13.2 Å². The van der Waals surface area contributed by atoms with Gasteiger partial charge in [-0.05, 0) is 50.2 Å². The number of amides is 1. The van der Waals surface area contributed by atoms with Crippen LogP contribution in [0.4, 0.5) is 18.9 Å². The molecule has 1 N–H and O–H groups in total. The van der Waals surface area contributed by atoms with E-state index in [1.807, 2.05) is 6.92 Å². The fourth-order valence-corrected chi connectivity index (χ4v) is 3.65. The average Bonchev–Trinajstić information content (AvgIpc) is 3.00. The monoisotopic (exact) mass is 421 g/mol. The van der Waals surface area contributed by atoms with Gasteiger partial charge in [-0.15, -0.1) is 11.3 Å². The van der Waals surface area contributed by atoms with E-state index in [-0.39, 0.29) is 11.4 Å². The Balaban J connectivity index is 1.97. The van der Waals surface area contributed by atoms with Gasteiger partial charge in [0.1, 0.15) is 11.5 Å². The second-order valence-electron chi connectivity index (χ2n) is 6.27. The summed E-state index contributed by atoms with van der Waals surface area (Å²) in [4.78, 5) is 14.4. The highest BCUT2D eigenvalue weighted by atomic mass is 32.1. The van der Waals surface area contributed by atoms with Gasteiger partial charge in [0.25, 0.3) is 5.91 Å². The number of halogens is 3. The maximum Gasteiger partial charge on any atom is 0.416 e. The second kappa shape index (κ2) is 8.16. The second-order valence-corrected chi connectivity index (χ2v) is 7.73. The van der Waals surface area contributed by atoms with Crippen molar-refractivity contribution in [1.29, 1.82) is 0 Å². The van der Waals surface area contributed by atoms with Crippen LogP contribution in [-0.2, 0) is 6.18 Å². The van der Waals surface area contributed by atoms with Crippen molar-refractivity contribution in [3.8, 4) is 17.2 Å². The maximum atomic E-state index is 13.2. The standard InChI is InChI=1S/C21H18F3NO3S/c1-12-9-17(13(2)29-12)20(26)25-18-10-14(21(22,23)24)7-8-19(18)28-16-6-4-5-15(11-16)27-3/h4-11H,1-3H3,(H,25,26). The van der Waals surface area contributed by atoms with Gasteiger partial charge in [-0.1, -0.05) is 6.07 Å². The van der Waals surface area contributed by atoms with Crippen LogP contribution < -0.4 is 14.8 Å². The van der Waals surface area contributed by atoms with E-state index in [0.717, 1.165) is 21.9 Å². The topological polar surface area (TPSA) is 47.6 Å². The number of ether oxygens (including phenoxy) is 2. The minimum Gasteiger partial charge on any atom is -0.497 e. The molecule has 152 valence electrons. The van der Waals surface area contributed by atoms with Crippen molar-refractivity contribution < 1.29 is 27.4 Å². The zero-order valence-electron chi connectivity index (χ0n) is 15.9. The first-order valence-electron chi connectivity index (χ1n) is 8.59. The van der Waals surface area contributed by atoms with E-state index >= 15 is 0 Å². The smallest absolute Gasteiger partial charge is 0.416 e. The summed E-state index contributed by atoms with van der Waals surface area (Å²) in [6.45, 7) is 3.64. The predicted molar refractivity (Wildman–Crippen MR) is 106 cm³/mol. The van der Waals surface area contributed by atoms with Gasteiger partial charge in [-0.3, -0.25) is 4.79 Å². The molecule has 0 saturated heterocycles. The van der Waals surface area contributed by atoms with Gasteiger partial charge in [0.2, 0.25) is 0 Å². The molecule has 0 unspecified atom stereocenters. The number of benzene rings is 2. The van der Waals surface area contributed by atoms with Crippen LogP contribution in [0.25, 0.3) is 0 Å². The number of anilines is 1. The largest absolute Gasteiger partial charge is 0.497 e. The number of hydrogen-bond acceptors (Lipinski definition) is 4. The van der Waals surface area contributed by atoms with Crippen molar-refractivity contribution in [3.05, 3.63) is 69.4 Å². The molecule has 4 nitrogen and oxygen atoms in total. The number of methoxy groups -OCH3 is 1. The van der Waals surface area contributed by atoms with Gasteiger partial charge in [0.15, 0.2) is 5.75 Å². The number of alkyl halides is 3. The first-order chi connectivity index (χ1) is 13.7. The maximum absolute atomic E-state index is 13.2. The van der Waals surface area contributed by atoms with Gasteiger partial charge in [0, 0.05) is 15.8 Å². The molecular formula is C21H18F3NO3S. The normalized spacial score (nSPS) is 11.2. The molecule has 0 atom stereocenters. The van der Waals surface area contributed by atoms with Crippen molar-refractivity contribution in [3.63, 3.8) is 0 Å². The molecule has 0 radical (unpaired) electrons. The van der Waals surface area contributed by atoms with E-state index in [4.69, 9.17) is 9.47 Å². The van der Waals surface area contributed by atoms with E-state index < -0.39 is 17.6 Å². The average molecular weight is 421 g/mol. The lowest BCUT2D eigenvalue weighted by atomic mass is 10.1. The van der Waals surface area contributed by atoms with E-state index in [2.05, 4.69) is 5.32 Å². The molecule has 0 spiro atoms. The molecule has 0 saturated carbocycles. The van der Waals surface area contributed by atoms with Crippen LogP contribution in [0, 0.1) is 13.8 Å². The number of aryl methyl sites for hydroxylation is 2. The van der Waals surface area contributed by atoms with E-state index in [9.17, 15) is 18.0 Å².